The molecule has 0 aliphatic carbocycles. The van der Waals surface area contributed by atoms with Gasteiger partial charge in [-0.15, -0.1) is 0 Å². The molecule has 0 fully saturated rings. The lowest BCUT2D eigenvalue weighted by Gasteiger charge is -2.14. The molecular weight excluding hydrogens is 258 g/mol. The van der Waals surface area contributed by atoms with Crippen LogP contribution in [0, 0.1) is 0 Å². The molecule has 1 aromatic carbocycles. The lowest BCUT2D eigenvalue weighted by Crippen LogP contribution is -2.17. The minimum atomic E-state index is -0.486. The molecule has 0 radical (unpaired) electrons. The Morgan fingerprint density at radius 2 is 2.30 bits per heavy atom. The van der Waals surface area contributed by atoms with Crippen molar-refractivity contribution in [2.45, 2.75) is 13.5 Å². The van der Waals surface area contributed by atoms with E-state index in [1.54, 1.807) is 11.8 Å². The van der Waals surface area contributed by atoms with E-state index in [1.807, 2.05) is 31.3 Å². The fourth-order valence-electron chi connectivity index (χ4n) is 1.77. The van der Waals surface area contributed by atoms with Gasteiger partial charge in [-0.1, -0.05) is 12.1 Å². The molecule has 20 heavy (non-hydrogen) atoms. The van der Waals surface area contributed by atoms with E-state index in [0.717, 1.165) is 5.56 Å². The average molecular weight is 275 g/mol. The number of anilines is 2. The van der Waals surface area contributed by atoms with Crippen molar-refractivity contribution in [2.75, 3.05) is 24.3 Å². The van der Waals surface area contributed by atoms with E-state index in [-0.39, 0.29) is 5.69 Å². The summed E-state index contributed by atoms with van der Waals surface area (Å²) in [7, 11) is 1.82. The maximum Gasteiger partial charge on any atom is 0.360 e. The first-order valence-electron chi connectivity index (χ1n) is 6.28. The molecule has 2 aromatic rings. The second-order valence-electron chi connectivity index (χ2n) is 4.34. The van der Waals surface area contributed by atoms with Crippen LogP contribution in [0.15, 0.2) is 34.9 Å². The van der Waals surface area contributed by atoms with Crippen molar-refractivity contribution in [1.82, 2.24) is 4.98 Å². The number of hydrogen-bond acceptors (Lipinski definition) is 6. The van der Waals surface area contributed by atoms with Crippen LogP contribution in [0.5, 0.6) is 0 Å². The molecule has 1 heterocycles. The number of hydrogen-bond donors (Lipinski definition) is 1. The van der Waals surface area contributed by atoms with Gasteiger partial charge < -0.3 is 19.8 Å². The SMILES string of the molecule is CCOC(=O)c1coc(N(C)Cc2cccc(N)c2)n1. The number of ether oxygens (including phenoxy) is 1. The van der Waals surface area contributed by atoms with Crippen LogP contribution in [0.4, 0.5) is 11.7 Å². The summed E-state index contributed by atoms with van der Waals surface area (Å²) in [5.41, 5.74) is 7.63. The zero-order valence-corrected chi connectivity index (χ0v) is 11.5. The van der Waals surface area contributed by atoms with E-state index < -0.39 is 5.97 Å². The zero-order valence-electron chi connectivity index (χ0n) is 11.5. The Bertz CT molecular complexity index is 595. The fourth-order valence-corrected chi connectivity index (χ4v) is 1.77. The minimum absolute atomic E-state index is 0.168. The molecule has 0 aliphatic rings. The molecule has 0 unspecified atom stereocenters. The van der Waals surface area contributed by atoms with E-state index in [0.29, 0.717) is 24.9 Å². The second kappa shape index (κ2) is 6.10. The smallest absolute Gasteiger partial charge is 0.360 e. The van der Waals surface area contributed by atoms with Crippen molar-refractivity contribution in [1.29, 1.82) is 0 Å². The molecule has 0 saturated carbocycles. The first-order chi connectivity index (χ1) is 9.60. The van der Waals surface area contributed by atoms with Crippen molar-refractivity contribution >= 4 is 17.7 Å². The van der Waals surface area contributed by atoms with E-state index >= 15 is 0 Å². The molecule has 6 nitrogen and oxygen atoms in total. The van der Waals surface area contributed by atoms with Gasteiger partial charge >= 0.3 is 5.97 Å². The van der Waals surface area contributed by atoms with Gasteiger partial charge in [-0.05, 0) is 24.6 Å². The summed E-state index contributed by atoms with van der Waals surface area (Å²) in [6, 6.07) is 7.91. The van der Waals surface area contributed by atoms with E-state index in [9.17, 15) is 4.79 Å². The summed E-state index contributed by atoms with van der Waals surface area (Å²) in [6.07, 6.45) is 1.29. The standard InChI is InChI=1S/C14H17N3O3/c1-3-19-13(18)12-9-20-14(16-12)17(2)8-10-5-4-6-11(15)7-10/h4-7,9H,3,8,15H2,1-2H3. The van der Waals surface area contributed by atoms with Crippen LogP contribution in [0.25, 0.3) is 0 Å². The van der Waals surface area contributed by atoms with Gasteiger partial charge in [0.05, 0.1) is 6.61 Å². The maximum atomic E-state index is 11.5. The van der Waals surface area contributed by atoms with E-state index in [1.165, 1.54) is 6.26 Å². The summed E-state index contributed by atoms with van der Waals surface area (Å²) < 4.78 is 10.1. The Kier molecular flexibility index (Phi) is 4.24. The van der Waals surface area contributed by atoms with Crippen LogP contribution < -0.4 is 10.6 Å². The first-order valence-corrected chi connectivity index (χ1v) is 6.28. The van der Waals surface area contributed by atoms with Gasteiger partial charge in [-0.2, -0.15) is 4.98 Å². The molecule has 0 amide bonds. The topological polar surface area (TPSA) is 81.6 Å². The number of esters is 1. The quantitative estimate of drug-likeness (QED) is 0.664. The van der Waals surface area contributed by atoms with Crippen molar-refractivity contribution in [3.05, 3.63) is 41.8 Å². The van der Waals surface area contributed by atoms with Crippen LogP contribution in [0.2, 0.25) is 0 Å². The Morgan fingerprint density at radius 1 is 1.50 bits per heavy atom. The Morgan fingerprint density at radius 3 is 3.00 bits per heavy atom. The summed E-state index contributed by atoms with van der Waals surface area (Å²) in [4.78, 5) is 17.4. The molecule has 2 N–H and O–H groups in total. The highest BCUT2D eigenvalue weighted by atomic mass is 16.5. The number of rotatable bonds is 5. The van der Waals surface area contributed by atoms with Gasteiger partial charge in [0.15, 0.2) is 5.69 Å². The monoisotopic (exact) mass is 275 g/mol. The zero-order chi connectivity index (χ0) is 14.5. The van der Waals surface area contributed by atoms with Gasteiger partial charge in [-0.3, -0.25) is 0 Å². The fraction of sp³-hybridized carbons (Fsp3) is 0.286. The van der Waals surface area contributed by atoms with Crippen LogP contribution in [-0.2, 0) is 11.3 Å². The molecule has 1 aromatic heterocycles. The number of nitrogens with zero attached hydrogens (tertiary/aromatic N) is 2. The largest absolute Gasteiger partial charge is 0.461 e. The number of nitrogen functional groups attached to an aromatic ring is 1. The van der Waals surface area contributed by atoms with Gasteiger partial charge in [-0.25, -0.2) is 4.79 Å². The lowest BCUT2D eigenvalue weighted by atomic mass is 10.2. The predicted octanol–water partition coefficient (Wildman–Crippen LogP) is 2.07. The van der Waals surface area contributed by atoms with Gasteiger partial charge in [0, 0.05) is 19.3 Å². The van der Waals surface area contributed by atoms with E-state index in [4.69, 9.17) is 14.9 Å². The third-order valence-electron chi connectivity index (χ3n) is 2.67. The second-order valence-corrected chi connectivity index (χ2v) is 4.34. The maximum absolute atomic E-state index is 11.5. The highest BCUT2D eigenvalue weighted by Gasteiger charge is 2.15. The number of carbonyl (C=O) groups excluding carboxylic acids is 1. The molecule has 2 rings (SSSR count). The number of nitrogens with two attached hydrogens (primary N) is 1. The Balaban J connectivity index is 2.06. The van der Waals surface area contributed by atoms with Crippen molar-refractivity contribution in [2.24, 2.45) is 0 Å². The molecule has 0 bridgehead atoms. The molecule has 106 valence electrons. The van der Waals surface area contributed by atoms with Crippen LogP contribution in [0.1, 0.15) is 23.0 Å². The third kappa shape index (κ3) is 3.28. The molecule has 0 aliphatic heterocycles. The molecule has 0 spiro atoms. The number of oxazole rings is 1. The normalized spacial score (nSPS) is 10.3. The predicted molar refractivity (Wildman–Crippen MR) is 75.4 cm³/mol. The van der Waals surface area contributed by atoms with Gasteiger partial charge in [0.25, 0.3) is 6.01 Å². The van der Waals surface area contributed by atoms with Crippen molar-refractivity contribution in [3.63, 3.8) is 0 Å². The minimum Gasteiger partial charge on any atom is -0.461 e. The van der Waals surface area contributed by atoms with Gasteiger partial charge in [0.2, 0.25) is 0 Å². The summed E-state index contributed by atoms with van der Waals surface area (Å²) >= 11 is 0. The van der Waals surface area contributed by atoms with Crippen LogP contribution >= 0.6 is 0 Å². The molecular formula is C14H17N3O3. The molecule has 6 heteroatoms. The average Bonchev–Trinajstić information content (AvgIpc) is 2.88. The lowest BCUT2D eigenvalue weighted by molar-refractivity contribution is 0.0519. The first kappa shape index (κ1) is 13.9. The number of aromatic nitrogens is 1. The van der Waals surface area contributed by atoms with E-state index in [2.05, 4.69) is 4.98 Å². The number of carbonyl (C=O) groups is 1. The summed E-state index contributed by atoms with van der Waals surface area (Å²) in [5, 5.41) is 0. The molecule has 0 atom stereocenters. The summed E-state index contributed by atoms with van der Waals surface area (Å²) in [5.74, 6) is -0.486. The third-order valence-corrected chi connectivity index (χ3v) is 2.67. The van der Waals surface area contributed by atoms with Crippen molar-refractivity contribution in [3.8, 4) is 0 Å². The molecule has 0 saturated heterocycles. The van der Waals surface area contributed by atoms with Gasteiger partial charge in [0.1, 0.15) is 6.26 Å². The highest BCUT2D eigenvalue weighted by Crippen LogP contribution is 2.16. The Hall–Kier alpha value is -2.50. The highest BCUT2D eigenvalue weighted by molar-refractivity contribution is 5.87. The Labute approximate surface area is 117 Å². The van der Waals surface area contributed by atoms with Crippen LogP contribution in [0.3, 0.4) is 0 Å². The van der Waals surface area contributed by atoms with Crippen LogP contribution in [-0.4, -0.2) is 24.6 Å². The number of benzene rings is 1. The summed E-state index contributed by atoms with van der Waals surface area (Å²) in [6.45, 7) is 2.62. The van der Waals surface area contributed by atoms with Crippen molar-refractivity contribution < 1.29 is 13.9 Å².